The second kappa shape index (κ2) is 3.01. The molecule has 1 aromatic rings. The number of carbonyl (C=O) groups excluding carboxylic acids is 2. The summed E-state index contributed by atoms with van der Waals surface area (Å²) >= 11 is 0. The van der Waals surface area contributed by atoms with Gasteiger partial charge >= 0.3 is 0 Å². The minimum Gasteiger partial charge on any atom is -0.461 e. The molecule has 0 saturated heterocycles. The van der Waals surface area contributed by atoms with Gasteiger partial charge in [-0.15, -0.1) is 0 Å². The Morgan fingerprint density at radius 1 is 1.55 bits per heavy atom. The maximum Gasteiger partial charge on any atom is 0.295 e. The number of furan rings is 1. The lowest BCUT2D eigenvalue weighted by atomic mass is 10.3. The smallest absolute Gasteiger partial charge is 0.295 e. The third kappa shape index (κ3) is 1.46. The van der Waals surface area contributed by atoms with Crippen LogP contribution in [-0.4, -0.2) is 18.7 Å². The molecule has 1 heterocycles. The van der Waals surface area contributed by atoms with E-state index >= 15 is 0 Å². The number of Topliss-reactive ketones (excluding diaryl/α,β-unsaturated/α-hetero) is 1. The monoisotopic (exact) mass is 153 g/mol. The molecule has 0 aromatic carbocycles. The summed E-state index contributed by atoms with van der Waals surface area (Å²) in [5.74, 6) is -1.26. The largest absolute Gasteiger partial charge is 0.461 e. The number of amides is 1. The van der Waals surface area contributed by atoms with Gasteiger partial charge in [-0.3, -0.25) is 9.59 Å². The first kappa shape index (κ1) is 7.53. The normalized spacial score (nSPS) is 9.18. The standard InChI is InChI=1S/C7H7NO3/c1-8-7(10)6(9)5-3-2-4-11-5/h2-4H,1H3,(H,8,10). The molecule has 4 heteroatoms. The molecule has 11 heavy (non-hydrogen) atoms. The number of ketones is 1. The van der Waals surface area contributed by atoms with Crippen molar-refractivity contribution in [3.8, 4) is 0 Å². The number of hydrogen-bond acceptors (Lipinski definition) is 3. The zero-order valence-electron chi connectivity index (χ0n) is 5.96. The van der Waals surface area contributed by atoms with Crippen molar-refractivity contribution in [2.45, 2.75) is 0 Å². The molecule has 1 amide bonds. The van der Waals surface area contributed by atoms with Crippen LogP contribution < -0.4 is 5.32 Å². The number of carbonyl (C=O) groups is 2. The second-order valence-electron chi connectivity index (χ2n) is 1.89. The lowest BCUT2D eigenvalue weighted by molar-refractivity contribution is -0.116. The number of nitrogens with one attached hydrogen (secondary N) is 1. The van der Waals surface area contributed by atoms with Crippen LogP contribution in [0.5, 0.6) is 0 Å². The summed E-state index contributed by atoms with van der Waals surface area (Å²) in [6.07, 6.45) is 1.34. The number of likely N-dealkylation sites (N-methyl/N-ethyl adjacent to an activating group) is 1. The van der Waals surface area contributed by atoms with Crippen LogP contribution in [0, 0.1) is 0 Å². The lowest BCUT2D eigenvalue weighted by Gasteiger charge is -1.92. The van der Waals surface area contributed by atoms with E-state index in [2.05, 4.69) is 5.32 Å². The Labute approximate surface area is 63.2 Å². The first-order valence-electron chi connectivity index (χ1n) is 3.05. The van der Waals surface area contributed by atoms with Gasteiger partial charge in [0, 0.05) is 7.05 Å². The summed E-state index contributed by atoms with van der Waals surface area (Å²) in [7, 11) is 1.39. The molecule has 0 aliphatic rings. The predicted molar refractivity (Wildman–Crippen MR) is 37.1 cm³/mol. The minimum atomic E-state index is -0.667. The Hall–Kier alpha value is -1.58. The summed E-state index contributed by atoms with van der Waals surface area (Å²) in [4.78, 5) is 21.6. The molecule has 0 aliphatic carbocycles. The molecule has 0 atom stereocenters. The van der Waals surface area contributed by atoms with Crippen LogP contribution in [-0.2, 0) is 4.79 Å². The van der Waals surface area contributed by atoms with E-state index in [9.17, 15) is 9.59 Å². The lowest BCUT2D eigenvalue weighted by Crippen LogP contribution is -2.27. The van der Waals surface area contributed by atoms with E-state index in [0.717, 1.165) is 0 Å². The third-order valence-corrected chi connectivity index (χ3v) is 1.18. The molecule has 0 radical (unpaired) electrons. The fourth-order valence-electron chi connectivity index (χ4n) is 0.633. The van der Waals surface area contributed by atoms with Gasteiger partial charge in [0.25, 0.3) is 11.7 Å². The van der Waals surface area contributed by atoms with Gasteiger partial charge in [-0.05, 0) is 12.1 Å². The molecule has 1 rings (SSSR count). The molecule has 0 saturated carbocycles. The zero-order valence-corrected chi connectivity index (χ0v) is 5.96. The number of rotatable bonds is 2. The van der Waals surface area contributed by atoms with Gasteiger partial charge in [-0.25, -0.2) is 0 Å². The van der Waals surface area contributed by atoms with Crippen LogP contribution in [0.25, 0.3) is 0 Å². The van der Waals surface area contributed by atoms with Gasteiger partial charge in [0.1, 0.15) is 0 Å². The van der Waals surface area contributed by atoms with Crippen LogP contribution in [0.2, 0.25) is 0 Å². The van der Waals surface area contributed by atoms with Crippen molar-refractivity contribution in [1.29, 1.82) is 0 Å². The molecule has 0 spiro atoms. The highest BCUT2D eigenvalue weighted by molar-refractivity contribution is 6.41. The van der Waals surface area contributed by atoms with Gasteiger partial charge < -0.3 is 9.73 Å². The highest BCUT2D eigenvalue weighted by atomic mass is 16.3. The maximum absolute atomic E-state index is 10.9. The van der Waals surface area contributed by atoms with Crippen molar-refractivity contribution in [1.82, 2.24) is 5.32 Å². The quantitative estimate of drug-likeness (QED) is 0.488. The average molecular weight is 153 g/mol. The van der Waals surface area contributed by atoms with E-state index in [0.29, 0.717) is 0 Å². The second-order valence-corrected chi connectivity index (χ2v) is 1.89. The fraction of sp³-hybridized carbons (Fsp3) is 0.143. The summed E-state index contributed by atoms with van der Waals surface area (Å²) < 4.78 is 4.71. The van der Waals surface area contributed by atoms with Crippen molar-refractivity contribution in [3.05, 3.63) is 24.2 Å². The van der Waals surface area contributed by atoms with E-state index in [1.807, 2.05) is 0 Å². The first-order valence-corrected chi connectivity index (χ1v) is 3.05. The van der Waals surface area contributed by atoms with Gasteiger partial charge in [0.05, 0.1) is 6.26 Å². The summed E-state index contributed by atoms with van der Waals surface area (Å²) in [5.41, 5.74) is 0. The average Bonchev–Trinajstić information content (AvgIpc) is 2.53. The highest BCUT2D eigenvalue weighted by Gasteiger charge is 2.16. The van der Waals surface area contributed by atoms with E-state index < -0.39 is 11.7 Å². The fourth-order valence-corrected chi connectivity index (χ4v) is 0.633. The summed E-state index contributed by atoms with van der Waals surface area (Å²) in [6, 6.07) is 2.99. The van der Waals surface area contributed by atoms with Crippen molar-refractivity contribution in [2.24, 2.45) is 0 Å². The van der Waals surface area contributed by atoms with Gasteiger partial charge in [-0.2, -0.15) is 0 Å². The molecule has 4 nitrogen and oxygen atoms in total. The van der Waals surface area contributed by atoms with Crippen LogP contribution in [0.3, 0.4) is 0 Å². The van der Waals surface area contributed by atoms with Crippen molar-refractivity contribution < 1.29 is 14.0 Å². The molecule has 0 bridgehead atoms. The van der Waals surface area contributed by atoms with E-state index in [1.54, 1.807) is 6.07 Å². The van der Waals surface area contributed by atoms with E-state index in [1.165, 1.54) is 19.4 Å². The van der Waals surface area contributed by atoms with Crippen molar-refractivity contribution in [2.75, 3.05) is 7.05 Å². The van der Waals surface area contributed by atoms with Crippen molar-refractivity contribution in [3.63, 3.8) is 0 Å². The summed E-state index contributed by atoms with van der Waals surface area (Å²) in [6.45, 7) is 0. The molecule has 1 N–H and O–H groups in total. The van der Waals surface area contributed by atoms with Crippen LogP contribution >= 0.6 is 0 Å². The topological polar surface area (TPSA) is 59.3 Å². The first-order chi connectivity index (χ1) is 5.25. The van der Waals surface area contributed by atoms with Crippen molar-refractivity contribution >= 4 is 11.7 Å². The van der Waals surface area contributed by atoms with E-state index in [-0.39, 0.29) is 5.76 Å². The van der Waals surface area contributed by atoms with Gasteiger partial charge in [0.2, 0.25) is 0 Å². The van der Waals surface area contributed by atoms with E-state index in [4.69, 9.17) is 4.42 Å². The maximum atomic E-state index is 10.9. The van der Waals surface area contributed by atoms with Crippen LogP contribution in [0.15, 0.2) is 22.8 Å². The van der Waals surface area contributed by atoms with Gasteiger partial charge in [-0.1, -0.05) is 0 Å². The SMILES string of the molecule is CNC(=O)C(=O)c1ccco1. The number of hydrogen-bond donors (Lipinski definition) is 1. The Balaban J connectivity index is 2.79. The molecular formula is C7H7NO3. The van der Waals surface area contributed by atoms with Crippen LogP contribution in [0.1, 0.15) is 10.6 Å². The summed E-state index contributed by atoms with van der Waals surface area (Å²) in [5, 5.41) is 2.20. The Kier molecular flexibility index (Phi) is 2.06. The van der Waals surface area contributed by atoms with Gasteiger partial charge in [0.15, 0.2) is 5.76 Å². The third-order valence-electron chi connectivity index (χ3n) is 1.18. The molecule has 58 valence electrons. The Morgan fingerprint density at radius 3 is 2.73 bits per heavy atom. The molecule has 0 aliphatic heterocycles. The molecular weight excluding hydrogens is 146 g/mol. The molecule has 0 unspecified atom stereocenters. The molecule has 0 fully saturated rings. The van der Waals surface area contributed by atoms with Crippen LogP contribution in [0.4, 0.5) is 0 Å². The zero-order chi connectivity index (χ0) is 8.27. The molecule has 1 aromatic heterocycles. The predicted octanol–water partition coefficient (Wildman–Crippen LogP) is 0.208. The Bertz CT molecular complexity index is 263. The Morgan fingerprint density at radius 2 is 2.27 bits per heavy atom. The highest BCUT2D eigenvalue weighted by Crippen LogP contribution is 2.00. The minimum absolute atomic E-state index is 0.0596.